The first-order chi connectivity index (χ1) is 11.3. The maximum absolute atomic E-state index is 5.55. The van der Waals surface area contributed by atoms with Gasteiger partial charge in [-0.2, -0.15) is 0 Å². The summed E-state index contributed by atoms with van der Waals surface area (Å²) < 4.78 is 5.55. The average Bonchev–Trinajstić information content (AvgIpc) is 3.22. The zero-order chi connectivity index (χ0) is 15.6. The summed E-state index contributed by atoms with van der Waals surface area (Å²) >= 11 is 0. The van der Waals surface area contributed by atoms with Crippen LogP contribution >= 0.6 is 0 Å². The van der Waals surface area contributed by atoms with E-state index in [0.717, 1.165) is 30.0 Å². The van der Waals surface area contributed by atoms with Gasteiger partial charge in [-0.25, -0.2) is 0 Å². The molecule has 2 aromatic carbocycles. The van der Waals surface area contributed by atoms with Crippen molar-refractivity contribution in [2.24, 2.45) is 0 Å². The first-order valence-electron chi connectivity index (χ1n) is 8.10. The summed E-state index contributed by atoms with van der Waals surface area (Å²) in [7, 11) is 2.16. The topological polar surface area (TPSA) is 29.3 Å². The molecule has 116 valence electrons. The summed E-state index contributed by atoms with van der Waals surface area (Å²) in [6.07, 6.45) is 2.34. The van der Waals surface area contributed by atoms with Crippen molar-refractivity contribution in [1.29, 1.82) is 0 Å². The van der Waals surface area contributed by atoms with Gasteiger partial charge in [0, 0.05) is 17.7 Å². The van der Waals surface area contributed by atoms with Crippen LogP contribution in [0.2, 0.25) is 0 Å². The molecule has 0 radical (unpaired) electrons. The van der Waals surface area contributed by atoms with Gasteiger partial charge in [0.25, 0.3) is 0 Å². The van der Waals surface area contributed by atoms with E-state index in [1.54, 1.807) is 0 Å². The molecule has 1 aliphatic carbocycles. The van der Waals surface area contributed by atoms with Crippen LogP contribution in [0.4, 0.5) is 0 Å². The SMILES string of the molecule is CN(Cc1cc(-c2ccccc2)no1)C1CCc2ccccc21. The van der Waals surface area contributed by atoms with E-state index in [1.165, 1.54) is 17.5 Å². The molecule has 0 saturated carbocycles. The predicted molar refractivity (Wildman–Crippen MR) is 90.9 cm³/mol. The monoisotopic (exact) mass is 304 g/mol. The lowest BCUT2D eigenvalue weighted by Gasteiger charge is -2.23. The maximum Gasteiger partial charge on any atom is 0.151 e. The van der Waals surface area contributed by atoms with Gasteiger partial charge >= 0.3 is 0 Å². The number of benzene rings is 2. The van der Waals surface area contributed by atoms with Crippen molar-refractivity contribution >= 4 is 0 Å². The maximum atomic E-state index is 5.55. The van der Waals surface area contributed by atoms with Gasteiger partial charge in [0.15, 0.2) is 5.76 Å². The lowest BCUT2D eigenvalue weighted by molar-refractivity contribution is 0.208. The van der Waals surface area contributed by atoms with Crippen molar-refractivity contribution in [3.8, 4) is 11.3 Å². The molecule has 23 heavy (non-hydrogen) atoms. The summed E-state index contributed by atoms with van der Waals surface area (Å²) in [5.41, 5.74) is 4.93. The molecule has 1 atom stereocenters. The van der Waals surface area contributed by atoms with Gasteiger partial charge in [0.05, 0.1) is 6.54 Å². The van der Waals surface area contributed by atoms with Crippen molar-refractivity contribution in [3.63, 3.8) is 0 Å². The Bertz CT molecular complexity index is 794. The molecule has 4 rings (SSSR count). The Hall–Kier alpha value is -2.39. The van der Waals surface area contributed by atoms with Crippen LogP contribution < -0.4 is 0 Å². The van der Waals surface area contributed by atoms with E-state index in [1.807, 2.05) is 24.3 Å². The Balaban J connectivity index is 1.50. The molecule has 0 aliphatic heterocycles. The van der Waals surface area contributed by atoms with Gasteiger partial charge in [-0.3, -0.25) is 4.90 Å². The first kappa shape index (κ1) is 14.2. The molecule has 1 aliphatic rings. The van der Waals surface area contributed by atoms with Crippen LogP contribution in [-0.4, -0.2) is 17.1 Å². The van der Waals surface area contributed by atoms with Crippen molar-refractivity contribution < 1.29 is 4.52 Å². The Kier molecular flexibility index (Phi) is 3.72. The van der Waals surface area contributed by atoms with Crippen LogP contribution in [0, 0.1) is 0 Å². The molecule has 3 heteroatoms. The Labute approximate surface area is 136 Å². The summed E-state index contributed by atoms with van der Waals surface area (Å²) in [6, 6.07) is 21.4. The van der Waals surface area contributed by atoms with Gasteiger partial charge in [-0.1, -0.05) is 59.8 Å². The molecule has 3 nitrogen and oxygen atoms in total. The van der Waals surface area contributed by atoms with Crippen molar-refractivity contribution in [2.75, 3.05) is 7.05 Å². The summed E-state index contributed by atoms with van der Waals surface area (Å²) in [4.78, 5) is 2.36. The van der Waals surface area contributed by atoms with Gasteiger partial charge in [-0.05, 0) is 31.0 Å². The molecule has 1 unspecified atom stereocenters. The van der Waals surface area contributed by atoms with Crippen LogP contribution in [0.3, 0.4) is 0 Å². The van der Waals surface area contributed by atoms with Gasteiger partial charge in [0.2, 0.25) is 0 Å². The van der Waals surface area contributed by atoms with Crippen LogP contribution in [-0.2, 0) is 13.0 Å². The summed E-state index contributed by atoms with van der Waals surface area (Å²) in [5.74, 6) is 0.913. The first-order valence-corrected chi connectivity index (χ1v) is 8.10. The number of nitrogens with zero attached hydrogens (tertiary/aromatic N) is 2. The Morgan fingerprint density at radius 1 is 1.09 bits per heavy atom. The van der Waals surface area contributed by atoms with E-state index in [0.29, 0.717) is 6.04 Å². The molecule has 0 N–H and O–H groups in total. The quantitative estimate of drug-likeness (QED) is 0.712. The number of aromatic nitrogens is 1. The molecule has 0 saturated heterocycles. The van der Waals surface area contributed by atoms with Crippen molar-refractivity contribution in [2.45, 2.75) is 25.4 Å². The number of fused-ring (bicyclic) bond motifs is 1. The van der Waals surface area contributed by atoms with Crippen LogP contribution in [0.1, 0.15) is 29.3 Å². The number of hydrogen-bond donors (Lipinski definition) is 0. The van der Waals surface area contributed by atoms with Gasteiger partial charge in [0.1, 0.15) is 5.69 Å². The fourth-order valence-corrected chi connectivity index (χ4v) is 3.48. The molecular formula is C20H20N2O. The highest BCUT2D eigenvalue weighted by Crippen LogP contribution is 2.35. The minimum Gasteiger partial charge on any atom is -0.359 e. The highest BCUT2D eigenvalue weighted by Gasteiger charge is 2.26. The lowest BCUT2D eigenvalue weighted by Crippen LogP contribution is -2.22. The van der Waals surface area contributed by atoms with Gasteiger partial charge in [-0.15, -0.1) is 0 Å². The zero-order valence-corrected chi connectivity index (χ0v) is 13.3. The van der Waals surface area contributed by atoms with E-state index in [9.17, 15) is 0 Å². The highest BCUT2D eigenvalue weighted by molar-refractivity contribution is 5.58. The molecule has 3 aromatic rings. The third-order valence-corrected chi connectivity index (χ3v) is 4.67. The van der Waals surface area contributed by atoms with Gasteiger partial charge < -0.3 is 4.52 Å². The minimum absolute atomic E-state index is 0.469. The molecule has 1 heterocycles. The van der Waals surface area contributed by atoms with E-state index in [4.69, 9.17) is 4.52 Å². The molecule has 0 spiro atoms. The molecule has 1 aromatic heterocycles. The fourth-order valence-electron chi connectivity index (χ4n) is 3.48. The van der Waals surface area contributed by atoms with E-state index >= 15 is 0 Å². The molecular weight excluding hydrogens is 284 g/mol. The average molecular weight is 304 g/mol. The third kappa shape index (κ3) is 2.80. The largest absolute Gasteiger partial charge is 0.359 e. The summed E-state index contributed by atoms with van der Waals surface area (Å²) in [5, 5.41) is 4.21. The zero-order valence-electron chi connectivity index (χ0n) is 13.3. The Morgan fingerprint density at radius 3 is 2.74 bits per heavy atom. The smallest absolute Gasteiger partial charge is 0.151 e. The highest BCUT2D eigenvalue weighted by atomic mass is 16.5. The van der Waals surface area contributed by atoms with Crippen molar-refractivity contribution in [1.82, 2.24) is 10.1 Å². The van der Waals surface area contributed by atoms with E-state index in [2.05, 4.69) is 53.5 Å². The fraction of sp³-hybridized carbons (Fsp3) is 0.250. The second-order valence-electron chi connectivity index (χ2n) is 6.21. The second kappa shape index (κ2) is 6.01. The van der Waals surface area contributed by atoms with E-state index in [-0.39, 0.29) is 0 Å². The minimum atomic E-state index is 0.469. The Morgan fingerprint density at radius 2 is 1.87 bits per heavy atom. The van der Waals surface area contributed by atoms with E-state index < -0.39 is 0 Å². The van der Waals surface area contributed by atoms with Crippen LogP contribution in [0.5, 0.6) is 0 Å². The predicted octanol–water partition coefficient (Wildman–Crippen LogP) is 4.46. The number of aryl methyl sites for hydroxylation is 1. The normalized spacial score (nSPS) is 16.7. The number of rotatable bonds is 4. The third-order valence-electron chi connectivity index (χ3n) is 4.67. The molecule has 0 fully saturated rings. The van der Waals surface area contributed by atoms with Crippen LogP contribution in [0.15, 0.2) is 65.2 Å². The number of hydrogen-bond acceptors (Lipinski definition) is 3. The molecule has 0 bridgehead atoms. The lowest BCUT2D eigenvalue weighted by atomic mass is 10.1. The second-order valence-corrected chi connectivity index (χ2v) is 6.21. The van der Waals surface area contributed by atoms with Crippen LogP contribution in [0.25, 0.3) is 11.3 Å². The standard InChI is InChI=1S/C20H20N2O/c1-22(20-12-11-15-7-5-6-10-18(15)20)14-17-13-19(21-23-17)16-8-3-2-4-9-16/h2-10,13,20H,11-12,14H2,1H3. The van der Waals surface area contributed by atoms with Crippen molar-refractivity contribution in [3.05, 3.63) is 77.6 Å². The summed E-state index contributed by atoms with van der Waals surface area (Å²) in [6.45, 7) is 0.777. The molecule has 0 amide bonds.